The Morgan fingerprint density at radius 2 is 1.92 bits per heavy atom. The van der Waals surface area contributed by atoms with Crippen molar-refractivity contribution in [3.8, 4) is 0 Å². The monoisotopic (exact) mass is 466 g/mol. The van der Waals surface area contributed by atoms with Crippen molar-refractivity contribution in [2.45, 2.75) is 88.5 Å². The third-order valence-electron chi connectivity index (χ3n) is 6.23. The molecule has 1 saturated carbocycles. The van der Waals surface area contributed by atoms with Crippen LogP contribution >= 0.6 is 22.9 Å². The molecule has 6 nitrogen and oxygen atoms in total. The van der Waals surface area contributed by atoms with E-state index in [-0.39, 0.29) is 6.32 Å². The van der Waals surface area contributed by atoms with Gasteiger partial charge in [0, 0.05) is 35.5 Å². The highest BCUT2D eigenvalue weighted by Gasteiger charge is 2.42. The summed E-state index contributed by atoms with van der Waals surface area (Å²) >= 11 is 2.43. The van der Waals surface area contributed by atoms with Gasteiger partial charge in [-0.25, -0.2) is 3.11 Å². The summed E-state index contributed by atoms with van der Waals surface area (Å²) in [5, 5.41) is 27.4. The Kier molecular flexibility index (Phi) is 8.00. The first-order valence-electron chi connectivity index (χ1n) is 9.57. The lowest BCUT2D eigenvalue weighted by Crippen LogP contribution is -2.49. The molecule has 1 saturated heterocycles. The van der Waals surface area contributed by atoms with Gasteiger partial charge in [-0.15, -0.1) is 0 Å². The SMILES string of the molecule is NC(CCCCB(O)O)(CCC1CCCC2(CCC2)CN1I)C(=O)O. The van der Waals surface area contributed by atoms with E-state index in [1.54, 1.807) is 0 Å². The number of aliphatic carboxylic acids is 1. The summed E-state index contributed by atoms with van der Waals surface area (Å²) in [4.78, 5) is 11.7. The molecule has 0 radical (unpaired) electrons. The summed E-state index contributed by atoms with van der Waals surface area (Å²) in [7, 11) is -1.32. The molecule has 1 heterocycles. The van der Waals surface area contributed by atoms with Crippen LogP contribution in [-0.2, 0) is 4.79 Å². The number of hydrogen-bond acceptors (Lipinski definition) is 5. The van der Waals surface area contributed by atoms with Gasteiger partial charge in [0.1, 0.15) is 5.54 Å². The molecule has 2 aliphatic rings. The fourth-order valence-corrected chi connectivity index (χ4v) is 5.56. The molecule has 0 aromatic rings. The first-order valence-corrected chi connectivity index (χ1v) is 10.5. The molecule has 0 bridgehead atoms. The van der Waals surface area contributed by atoms with Gasteiger partial charge in [0.15, 0.2) is 0 Å². The lowest BCUT2D eigenvalue weighted by molar-refractivity contribution is -0.144. The maximum atomic E-state index is 11.7. The Hall–Kier alpha value is 0.105. The van der Waals surface area contributed by atoms with Crippen molar-refractivity contribution in [1.29, 1.82) is 0 Å². The maximum absolute atomic E-state index is 11.7. The average molecular weight is 466 g/mol. The molecule has 2 fully saturated rings. The summed E-state index contributed by atoms with van der Waals surface area (Å²) in [6, 6.07) is 0.405. The predicted octanol–water partition coefficient (Wildman–Crippen LogP) is 2.57. The number of unbranched alkanes of at least 4 members (excludes halogenated alkanes) is 1. The van der Waals surface area contributed by atoms with E-state index >= 15 is 0 Å². The summed E-state index contributed by atoms with van der Waals surface area (Å²) in [5.41, 5.74) is 5.52. The van der Waals surface area contributed by atoms with Crippen molar-refractivity contribution in [2.75, 3.05) is 6.54 Å². The molecule has 0 aromatic carbocycles. The number of halogens is 1. The van der Waals surface area contributed by atoms with Crippen LogP contribution in [0.5, 0.6) is 0 Å². The van der Waals surface area contributed by atoms with E-state index in [4.69, 9.17) is 15.8 Å². The number of rotatable bonds is 9. The normalized spacial score (nSPS) is 25.8. The average Bonchev–Trinajstić information content (AvgIpc) is 2.68. The first kappa shape index (κ1) is 21.4. The van der Waals surface area contributed by atoms with Gasteiger partial charge in [-0.2, -0.15) is 0 Å². The van der Waals surface area contributed by atoms with Gasteiger partial charge in [-0.3, -0.25) is 4.79 Å². The number of nitrogens with two attached hydrogens (primary N) is 1. The second-order valence-corrected chi connectivity index (χ2v) is 9.42. The standard InChI is InChI=1S/C17H32BIN2O4/c19-21-13-16(8-4-9-16)7-3-5-14(21)6-11-17(20,15(22)23)10-1-2-12-18(24)25/h14,24-25H,1-13,20H2,(H,22,23). The van der Waals surface area contributed by atoms with E-state index in [2.05, 4.69) is 26.0 Å². The Balaban J connectivity index is 1.83. The van der Waals surface area contributed by atoms with Crippen LogP contribution in [0, 0.1) is 5.41 Å². The van der Waals surface area contributed by atoms with E-state index < -0.39 is 18.6 Å². The Morgan fingerprint density at radius 3 is 2.48 bits per heavy atom. The van der Waals surface area contributed by atoms with Crippen molar-refractivity contribution in [3.05, 3.63) is 0 Å². The van der Waals surface area contributed by atoms with Crippen LogP contribution < -0.4 is 5.73 Å². The molecule has 8 heteroatoms. The maximum Gasteiger partial charge on any atom is 0.451 e. The predicted molar refractivity (Wildman–Crippen MR) is 107 cm³/mol. The van der Waals surface area contributed by atoms with Crippen LogP contribution in [0.4, 0.5) is 0 Å². The molecular weight excluding hydrogens is 434 g/mol. The van der Waals surface area contributed by atoms with Gasteiger partial charge >= 0.3 is 13.1 Å². The van der Waals surface area contributed by atoms with Crippen molar-refractivity contribution < 1.29 is 19.9 Å². The number of carboxylic acids is 1. The van der Waals surface area contributed by atoms with Gasteiger partial charge in [0.2, 0.25) is 0 Å². The molecular formula is C17H32BIN2O4. The van der Waals surface area contributed by atoms with Crippen LogP contribution in [0.3, 0.4) is 0 Å². The zero-order chi connectivity index (χ0) is 18.5. The summed E-state index contributed by atoms with van der Waals surface area (Å²) in [6.45, 7) is 1.12. The van der Waals surface area contributed by atoms with Crippen molar-refractivity contribution >= 4 is 36.0 Å². The van der Waals surface area contributed by atoms with Crippen LogP contribution in [0.25, 0.3) is 0 Å². The van der Waals surface area contributed by atoms with Gasteiger partial charge in [0.05, 0.1) is 0 Å². The molecule has 0 aromatic heterocycles. The van der Waals surface area contributed by atoms with Crippen LogP contribution in [0.1, 0.15) is 70.6 Å². The number of carboxylic acid groups (broad SMARTS) is 1. The largest absolute Gasteiger partial charge is 0.480 e. The lowest BCUT2D eigenvalue weighted by Gasteiger charge is -2.43. The topological polar surface area (TPSA) is 107 Å². The first-order chi connectivity index (χ1) is 11.8. The molecule has 2 atom stereocenters. The zero-order valence-electron chi connectivity index (χ0n) is 15.0. The van der Waals surface area contributed by atoms with Crippen LogP contribution in [-0.4, -0.2) is 49.5 Å². The molecule has 5 N–H and O–H groups in total. The minimum Gasteiger partial charge on any atom is -0.480 e. The fourth-order valence-electron chi connectivity index (χ4n) is 4.28. The van der Waals surface area contributed by atoms with Crippen molar-refractivity contribution in [3.63, 3.8) is 0 Å². The van der Waals surface area contributed by atoms with Gasteiger partial charge in [-0.05, 0) is 56.7 Å². The van der Waals surface area contributed by atoms with Gasteiger partial charge in [-0.1, -0.05) is 25.7 Å². The number of hydrogen-bond donors (Lipinski definition) is 4. The van der Waals surface area contributed by atoms with Gasteiger partial charge < -0.3 is 20.9 Å². The molecule has 144 valence electrons. The van der Waals surface area contributed by atoms with E-state index in [1.165, 1.54) is 32.1 Å². The highest BCUT2D eigenvalue weighted by molar-refractivity contribution is 14.1. The zero-order valence-corrected chi connectivity index (χ0v) is 17.2. The number of nitrogens with zero attached hydrogens (tertiary/aromatic N) is 1. The minimum absolute atomic E-state index is 0.266. The molecule has 1 spiro atoms. The van der Waals surface area contributed by atoms with Crippen molar-refractivity contribution in [2.24, 2.45) is 11.1 Å². The van der Waals surface area contributed by atoms with E-state index in [0.29, 0.717) is 37.1 Å². The highest BCUT2D eigenvalue weighted by Crippen LogP contribution is 2.48. The summed E-state index contributed by atoms with van der Waals surface area (Å²) in [6.07, 6.45) is 10.8. The van der Waals surface area contributed by atoms with Crippen LogP contribution in [0.2, 0.25) is 6.32 Å². The summed E-state index contributed by atoms with van der Waals surface area (Å²) in [5.74, 6) is -0.943. The minimum atomic E-state index is -1.32. The van der Waals surface area contributed by atoms with Crippen LogP contribution in [0.15, 0.2) is 0 Å². The van der Waals surface area contributed by atoms with E-state index in [9.17, 15) is 9.90 Å². The van der Waals surface area contributed by atoms with E-state index in [0.717, 1.165) is 19.4 Å². The highest BCUT2D eigenvalue weighted by atomic mass is 127. The third kappa shape index (κ3) is 6.05. The molecule has 1 aliphatic carbocycles. The van der Waals surface area contributed by atoms with E-state index in [1.807, 2.05) is 0 Å². The Labute approximate surface area is 165 Å². The fraction of sp³-hybridized carbons (Fsp3) is 0.941. The number of carbonyl (C=O) groups is 1. The molecule has 1 aliphatic heterocycles. The Bertz CT molecular complexity index is 450. The quantitative estimate of drug-likeness (QED) is 0.180. The second-order valence-electron chi connectivity index (χ2n) is 8.18. The van der Waals surface area contributed by atoms with Crippen molar-refractivity contribution in [1.82, 2.24) is 3.11 Å². The third-order valence-corrected chi connectivity index (χ3v) is 7.36. The smallest absolute Gasteiger partial charge is 0.451 e. The molecule has 0 amide bonds. The molecule has 2 unspecified atom stereocenters. The molecule has 2 rings (SSSR count). The molecule has 25 heavy (non-hydrogen) atoms. The lowest BCUT2D eigenvalue weighted by atomic mass is 9.66. The summed E-state index contributed by atoms with van der Waals surface area (Å²) < 4.78 is 2.41. The second kappa shape index (κ2) is 9.35. The van der Waals surface area contributed by atoms with Gasteiger partial charge in [0.25, 0.3) is 0 Å². The Morgan fingerprint density at radius 1 is 1.24 bits per heavy atom.